The molecule has 0 spiro atoms. The molecular formula is C14H30N4. The number of nitrogens with two attached hydrogens (primary N) is 1. The Morgan fingerprint density at radius 2 is 1.61 bits per heavy atom. The van der Waals surface area contributed by atoms with Crippen molar-refractivity contribution in [3.05, 3.63) is 0 Å². The smallest absolute Gasteiger partial charge is 0.0197 e. The minimum absolute atomic E-state index is 0.382. The van der Waals surface area contributed by atoms with E-state index in [1.165, 1.54) is 58.7 Å². The largest absolute Gasteiger partial charge is 0.326 e. The van der Waals surface area contributed by atoms with Crippen molar-refractivity contribution in [3.8, 4) is 0 Å². The van der Waals surface area contributed by atoms with Gasteiger partial charge in [-0.3, -0.25) is 4.90 Å². The van der Waals surface area contributed by atoms with Crippen LogP contribution in [0.1, 0.15) is 19.8 Å². The van der Waals surface area contributed by atoms with E-state index >= 15 is 0 Å². The predicted molar refractivity (Wildman–Crippen MR) is 76.8 cm³/mol. The monoisotopic (exact) mass is 254 g/mol. The van der Waals surface area contributed by atoms with Gasteiger partial charge in [-0.15, -0.1) is 0 Å². The Labute approximate surface area is 112 Å². The molecule has 2 aliphatic heterocycles. The van der Waals surface area contributed by atoms with Crippen LogP contribution in [0.4, 0.5) is 0 Å². The fourth-order valence-corrected chi connectivity index (χ4v) is 3.17. The molecule has 2 N–H and O–H groups in total. The molecule has 0 aromatic rings. The molecule has 18 heavy (non-hydrogen) atoms. The lowest BCUT2D eigenvalue weighted by Gasteiger charge is -2.38. The summed E-state index contributed by atoms with van der Waals surface area (Å²) in [6, 6.07) is 0.382. The maximum atomic E-state index is 6.43. The maximum absolute atomic E-state index is 6.43. The third kappa shape index (κ3) is 3.92. The zero-order valence-corrected chi connectivity index (χ0v) is 12.1. The summed E-state index contributed by atoms with van der Waals surface area (Å²) in [4.78, 5) is 7.50. The van der Waals surface area contributed by atoms with E-state index in [9.17, 15) is 0 Å². The van der Waals surface area contributed by atoms with E-state index in [0.29, 0.717) is 6.04 Å². The molecule has 2 rings (SSSR count). The summed E-state index contributed by atoms with van der Waals surface area (Å²) in [5, 5.41) is 0. The quantitative estimate of drug-likeness (QED) is 0.782. The molecule has 2 saturated heterocycles. The van der Waals surface area contributed by atoms with Gasteiger partial charge in [-0.25, -0.2) is 0 Å². The Morgan fingerprint density at radius 1 is 1.00 bits per heavy atom. The molecular weight excluding hydrogens is 224 g/mol. The van der Waals surface area contributed by atoms with Gasteiger partial charge in [0, 0.05) is 38.8 Å². The van der Waals surface area contributed by atoms with Gasteiger partial charge in [0.25, 0.3) is 0 Å². The van der Waals surface area contributed by atoms with Gasteiger partial charge >= 0.3 is 0 Å². The molecule has 4 heteroatoms. The number of hydrogen-bond donors (Lipinski definition) is 1. The summed E-state index contributed by atoms with van der Waals surface area (Å²) >= 11 is 0. The Morgan fingerprint density at radius 3 is 2.17 bits per heavy atom. The molecule has 4 nitrogen and oxygen atoms in total. The van der Waals surface area contributed by atoms with E-state index in [-0.39, 0.29) is 0 Å². The van der Waals surface area contributed by atoms with E-state index < -0.39 is 0 Å². The zero-order chi connectivity index (χ0) is 13.0. The standard InChI is InChI=1S/C14H30N4/c1-3-17-6-4-13(5-7-17)14(15)12-18-10-8-16(2)9-11-18/h13-14H,3-12,15H2,1-2H3. The number of piperazine rings is 1. The van der Waals surface area contributed by atoms with Gasteiger partial charge in [0.1, 0.15) is 0 Å². The molecule has 0 radical (unpaired) electrons. The van der Waals surface area contributed by atoms with Crippen molar-refractivity contribution < 1.29 is 0 Å². The lowest BCUT2D eigenvalue weighted by Crippen LogP contribution is -2.51. The van der Waals surface area contributed by atoms with E-state index in [4.69, 9.17) is 5.73 Å². The maximum Gasteiger partial charge on any atom is 0.0197 e. The highest BCUT2D eigenvalue weighted by Gasteiger charge is 2.25. The van der Waals surface area contributed by atoms with Crippen LogP contribution in [-0.4, -0.2) is 80.1 Å². The SMILES string of the molecule is CCN1CCC(C(N)CN2CCN(C)CC2)CC1. The van der Waals surface area contributed by atoms with E-state index in [0.717, 1.165) is 12.5 Å². The Hall–Kier alpha value is -0.160. The van der Waals surface area contributed by atoms with Crippen molar-refractivity contribution >= 4 is 0 Å². The van der Waals surface area contributed by atoms with Crippen molar-refractivity contribution in [2.24, 2.45) is 11.7 Å². The normalized spacial score (nSPS) is 27.5. The van der Waals surface area contributed by atoms with Gasteiger partial charge in [0.2, 0.25) is 0 Å². The molecule has 0 bridgehead atoms. The molecule has 2 heterocycles. The van der Waals surface area contributed by atoms with Crippen LogP contribution < -0.4 is 5.73 Å². The first-order valence-corrected chi connectivity index (χ1v) is 7.58. The summed E-state index contributed by atoms with van der Waals surface area (Å²) in [6.07, 6.45) is 2.59. The van der Waals surface area contributed by atoms with Crippen molar-refractivity contribution in [3.63, 3.8) is 0 Å². The van der Waals surface area contributed by atoms with E-state index in [1.807, 2.05) is 0 Å². The van der Waals surface area contributed by atoms with Gasteiger partial charge in [-0.05, 0) is 45.4 Å². The second-order valence-corrected chi connectivity index (χ2v) is 6.04. The number of likely N-dealkylation sites (tertiary alicyclic amines) is 1. The lowest BCUT2D eigenvalue weighted by atomic mass is 9.89. The van der Waals surface area contributed by atoms with E-state index in [2.05, 4.69) is 28.7 Å². The fraction of sp³-hybridized carbons (Fsp3) is 1.00. The van der Waals surface area contributed by atoms with E-state index in [1.54, 1.807) is 0 Å². The first kappa shape index (κ1) is 14.3. The van der Waals surface area contributed by atoms with Crippen molar-refractivity contribution in [1.82, 2.24) is 14.7 Å². The van der Waals surface area contributed by atoms with Crippen molar-refractivity contribution in [1.29, 1.82) is 0 Å². The molecule has 0 aliphatic carbocycles. The van der Waals surface area contributed by atoms with Crippen molar-refractivity contribution in [2.75, 3.05) is 59.4 Å². The van der Waals surface area contributed by atoms with Crippen LogP contribution in [0.5, 0.6) is 0 Å². The molecule has 0 amide bonds. The first-order valence-electron chi connectivity index (χ1n) is 7.58. The summed E-state index contributed by atoms with van der Waals surface area (Å²) in [6.45, 7) is 11.8. The molecule has 1 unspecified atom stereocenters. The van der Waals surface area contributed by atoms with Crippen LogP contribution in [-0.2, 0) is 0 Å². The Kier molecular flexibility index (Phi) is 5.42. The highest BCUT2D eigenvalue weighted by molar-refractivity contribution is 4.83. The summed E-state index contributed by atoms with van der Waals surface area (Å²) in [7, 11) is 2.21. The third-order valence-corrected chi connectivity index (χ3v) is 4.75. The number of hydrogen-bond acceptors (Lipinski definition) is 4. The van der Waals surface area contributed by atoms with Gasteiger partial charge in [0.15, 0.2) is 0 Å². The summed E-state index contributed by atoms with van der Waals surface area (Å²) in [5.41, 5.74) is 6.43. The minimum atomic E-state index is 0.382. The topological polar surface area (TPSA) is 35.7 Å². The van der Waals surface area contributed by atoms with Gasteiger partial charge in [0.05, 0.1) is 0 Å². The molecule has 2 aliphatic rings. The second kappa shape index (κ2) is 6.85. The zero-order valence-electron chi connectivity index (χ0n) is 12.1. The number of piperidine rings is 1. The number of likely N-dealkylation sites (N-methyl/N-ethyl adjacent to an activating group) is 1. The molecule has 106 valence electrons. The minimum Gasteiger partial charge on any atom is -0.326 e. The second-order valence-electron chi connectivity index (χ2n) is 6.04. The number of nitrogens with zero attached hydrogens (tertiary/aromatic N) is 3. The fourth-order valence-electron chi connectivity index (χ4n) is 3.17. The van der Waals surface area contributed by atoms with Gasteiger partial charge < -0.3 is 15.5 Å². The van der Waals surface area contributed by atoms with Crippen LogP contribution in [0.15, 0.2) is 0 Å². The van der Waals surface area contributed by atoms with Crippen LogP contribution in [0.3, 0.4) is 0 Å². The molecule has 0 aromatic heterocycles. The Balaban J connectivity index is 1.70. The Bertz CT molecular complexity index is 230. The van der Waals surface area contributed by atoms with Crippen LogP contribution in [0, 0.1) is 5.92 Å². The lowest BCUT2D eigenvalue weighted by molar-refractivity contribution is 0.119. The summed E-state index contributed by atoms with van der Waals surface area (Å²) < 4.78 is 0. The van der Waals surface area contributed by atoms with Crippen LogP contribution in [0.25, 0.3) is 0 Å². The molecule has 0 aromatic carbocycles. The van der Waals surface area contributed by atoms with Crippen molar-refractivity contribution in [2.45, 2.75) is 25.8 Å². The van der Waals surface area contributed by atoms with Gasteiger partial charge in [-0.1, -0.05) is 6.92 Å². The first-order chi connectivity index (χ1) is 8.69. The average molecular weight is 254 g/mol. The predicted octanol–water partition coefficient (Wildman–Crippen LogP) is 0.293. The summed E-state index contributed by atoms with van der Waals surface area (Å²) in [5.74, 6) is 0.743. The van der Waals surface area contributed by atoms with Crippen LogP contribution in [0.2, 0.25) is 0 Å². The highest BCUT2D eigenvalue weighted by atomic mass is 15.2. The average Bonchev–Trinajstić information content (AvgIpc) is 2.41. The highest BCUT2D eigenvalue weighted by Crippen LogP contribution is 2.20. The number of rotatable bonds is 4. The van der Waals surface area contributed by atoms with Gasteiger partial charge in [-0.2, -0.15) is 0 Å². The molecule has 2 fully saturated rings. The molecule has 1 atom stereocenters. The third-order valence-electron chi connectivity index (χ3n) is 4.75. The molecule has 0 saturated carbocycles. The van der Waals surface area contributed by atoms with Crippen LogP contribution >= 0.6 is 0 Å².